The Morgan fingerprint density at radius 2 is 1.45 bits per heavy atom. The van der Waals surface area contributed by atoms with Gasteiger partial charge < -0.3 is 0 Å². The first-order valence-corrected chi connectivity index (χ1v) is 4.34. The molecule has 2 heteroatoms. The van der Waals surface area contributed by atoms with Crippen molar-refractivity contribution in [2.24, 2.45) is 17.3 Å². The molecule has 3 rings (SSSR count). The minimum absolute atomic E-state index is 0.259. The molecule has 0 aromatic rings. The molecule has 3 aliphatic carbocycles. The average molecular weight is 150 g/mol. The van der Waals surface area contributed by atoms with E-state index >= 15 is 0 Å². The van der Waals surface area contributed by atoms with Gasteiger partial charge in [-0.15, -0.1) is 0 Å². The predicted molar refractivity (Wildman–Crippen MR) is 37.9 cm³/mol. The fourth-order valence-electron chi connectivity index (χ4n) is 3.37. The Kier molecular flexibility index (Phi) is 0.768. The van der Waals surface area contributed by atoms with Crippen LogP contribution in [0.1, 0.15) is 25.7 Å². The summed E-state index contributed by atoms with van der Waals surface area (Å²) in [6.45, 7) is 0. The molecule has 3 saturated carbocycles. The van der Waals surface area contributed by atoms with Crippen LogP contribution >= 0.6 is 0 Å². The molecule has 0 saturated heterocycles. The first kappa shape index (κ1) is 5.92. The van der Waals surface area contributed by atoms with Gasteiger partial charge in [-0.05, 0) is 24.7 Å². The molecule has 3 aliphatic rings. The van der Waals surface area contributed by atoms with Gasteiger partial charge in [0.1, 0.15) is 11.6 Å². The van der Waals surface area contributed by atoms with E-state index < -0.39 is 0 Å². The highest BCUT2D eigenvalue weighted by Gasteiger charge is 2.77. The van der Waals surface area contributed by atoms with Gasteiger partial charge in [0.05, 0.1) is 5.41 Å². The first-order chi connectivity index (χ1) is 5.28. The number of rotatable bonds is 0. The van der Waals surface area contributed by atoms with Crippen LogP contribution in [0.25, 0.3) is 0 Å². The first-order valence-electron chi connectivity index (χ1n) is 4.34. The fourth-order valence-corrected chi connectivity index (χ4v) is 3.37. The second-order valence-corrected chi connectivity index (χ2v) is 4.01. The van der Waals surface area contributed by atoms with Gasteiger partial charge in [-0.25, -0.2) is 0 Å². The van der Waals surface area contributed by atoms with Crippen molar-refractivity contribution >= 4 is 11.6 Å². The smallest absolute Gasteiger partial charge is 0.147 e. The third kappa shape index (κ3) is 0.403. The monoisotopic (exact) mass is 150 g/mol. The van der Waals surface area contributed by atoms with Crippen LogP contribution in [0.15, 0.2) is 0 Å². The van der Waals surface area contributed by atoms with Crippen LogP contribution in [-0.4, -0.2) is 11.6 Å². The molecule has 0 aliphatic heterocycles. The number of hydrogen-bond acceptors (Lipinski definition) is 2. The van der Waals surface area contributed by atoms with Gasteiger partial charge in [0, 0.05) is 12.8 Å². The summed E-state index contributed by atoms with van der Waals surface area (Å²) in [7, 11) is 0. The zero-order valence-corrected chi connectivity index (χ0v) is 6.30. The SMILES string of the molecule is O=C1CCC2C3CCC(=O)C123. The quantitative estimate of drug-likeness (QED) is 0.482. The molecule has 0 heterocycles. The summed E-state index contributed by atoms with van der Waals surface area (Å²) in [5, 5.41) is 0. The summed E-state index contributed by atoms with van der Waals surface area (Å²) in [6, 6.07) is 0. The molecule has 1 spiro atoms. The van der Waals surface area contributed by atoms with Crippen LogP contribution in [0.3, 0.4) is 0 Å². The topological polar surface area (TPSA) is 34.1 Å². The molecule has 0 aromatic carbocycles. The highest BCUT2D eigenvalue weighted by atomic mass is 16.2. The molecular weight excluding hydrogens is 140 g/mol. The van der Waals surface area contributed by atoms with E-state index in [0.29, 0.717) is 24.7 Å². The number of Topliss-reactive ketones (excluding diaryl/α,β-unsaturated/α-hetero) is 2. The van der Waals surface area contributed by atoms with Crippen LogP contribution < -0.4 is 0 Å². The number of fused-ring (bicyclic) bond motifs is 1. The van der Waals surface area contributed by atoms with Crippen molar-refractivity contribution in [3.05, 3.63) is 0 Å². The van der Waals surface area contributed by atoms with E-state index in [2.05, 4.69) is 0 Å². The maximum atomic E-state index is 11.4. The molecule has 0 bridgehead atoms. The number of carbonyl (C=O) groups excluding carboxylic acids is 2. The van der Waals surface area contributed by atoms with Gasteiger partial charge in [-0.2, -0.15) is 0 Å². The Morgan fingerprint density at radius 3 is 1.82 bits per heavy atom. The Labute approximate surface area is 65.0 Å². The molecular formula is C9H10O2. The molecule has 0 N–H and O–H groups in total. The average Bonchev–Trinajstić information content (AvgIpc) is 2.37. The van der Waals surface area contributed by atoms with Crippen molar-refractivity contribution in [3.63, 3.8) is 0 Å². The lowest BCUT2D eigenvalue weighted by Crippen LogP contribution is -2.21. The second-order valence-electron chi connectivity index (χ2n) is 4.01. The van der Waals surface area contributed by atoms with E-state index in [1.807, 2.05) is 0 Å². The van der Waals surface area contributed by atoms with Crippen molar-refractivity contribution in [2.75, 3.05) is 0 Å². The van der Waals surface area contributed by atoms with Crippen molar-refractivity contribution in [1.29, 1.82) is 0 Å². The molecule has 0 aromatic heterocycles. The Bertz CT molecular complexity index is 239. The minimum atomic E-state index is -0.389. The van der Waals surface area contributed by atoms with Crippen LogP contribution in [0.5, 0.6) is 0 Å². The molecule has 0 amide bonds. The highest BCUT2D eigenvalue weighted by Crippen LogP contribution is 2.72. The van der Waals surface area contributed by atoms with Crippen molar-refractivity contribution in [2.45, 2.75) is 25.7 Å². The molecule has 2 atom stereocenters. The summed E-state index contributed by atoms with van der Waals surface area (Å²) in [5.74, 6) is 1.48. The summed E-state index contributed by atoms with van der Waals surface area (Å²) in [5.41, 5.74) is -0.389. The normalized spacial score (nSPS) is 52.7. The van der Waals surface area contributed by atoms with Gasteiger partial charge in [-0.1, -0.05) is 0 Å². The van der Waals surface area contributed by atoms with Gasteiger partial charge in [0.15, 0.2) is 0 Å². The van der Waals surface area contributed by atoms with Crippen LogP contribution in [-0.2, 0) is 9.59 Å². The summed E-state index contributed by atoms with van der Waals surface area (Å²) in [4.78, 5) is 22.8. The Balaban J connectivity index is 2.12. The summed E-state index contributed by atoms with van der Waals surface area (Å²) in [6.07, 6.45) is 3.34. The molecule has 11 heavy (non-hydrogen) atoms. The maximum Gasteiger partial charge on any atom is 0.147 e. The standard InChI is InChI=1S/C9H10O2/c10-7-3-1-5-6-2-4-8(11)9(5,6)7/h5-6H,1-4H2. The highest BCUT2D eigenvalue weighted by molar-refractivity contribution is 6.14. The Morgan fingerprint density at radius 1 is 1.00 bits per heavy atom. The predicted octanol–water partition coefficient (Wildman–Crippen LogP) is 0.945. The maximum absolute atomic E-state index is 11.4. The number of carbonyl (C=O) groups is 2. The van der Waals surface area contributed by atoms with Crippen LogP contribution in [0, 0.1) is 17.3 Å². The summed E-state index contributed by atoms with van der Waals surface area (Å²) >= 11 is 0. The number of ketones is 2. The number of hydrogen-bond donors (Lipinski definition) is 0. The van der Waals surface area contributed by atoms with Gasteiger partial charge >= 0.3 is 0 Å². The van der Waals surface area contributed by atoms with Crippen molar-refractivity contribution in [1.82, 2.24) is 0 Å². The second kappa shape index (κ2) is 1.43. The zero-order chi connectivity index (χ0) is 7.64. The largest absolute Gasteiger partial charge is 0.299 e. The van der Waals surface area contributed by atoms with E-state index in [9.17, 15) is 9.59 Å². The fraction of sp³-hybridized carbons (Fsp3) is 0.778. The molecule has 58 valence electrons. The molecule has 3 fully saturated rings. The molecule has 2 nitrogen and oxygen atoms in total. The lowest BCUT2D eigenvalue weighted by atomic mass is 9.98. The van der Waals surface area contributed by atoms with Crippen molar-refractivity contribution in [3.8, 4) is 0 Å². The molecule has 0 radical (unpaired) electrons. The van der Waals surface area contributed by atoms with E-state index in [4.69, 9.17) is 0 Å². The van der Waals surface area contributed by atoms with Gasteiger partial charge in [0.2, 0.25) is 0 Å². The van der Waals surface area contributed by atoms with E-state index in [-0.39, 0.29) is 17.0 Å². The van der Waals surface area contributed by atoms with Gasteiger partial charge in [-0.3, -0.25) is 9.59 Å². The third-order valence-corrected chi connectivity index (χ3v) is 3.83. The molecule has 2 unspecified atom stereocenters. The zero-order valence-electron chi connectivity index (χ0n) is 6.30. The summed E-state index contributed by atoms with van der Waals surface area (Å²) < 4.78 is 0. The van der Waals surface area contributed by atoms with E-state index in [1.54, 1.807) is 0 Å². The Hall–Kier alpha value is -0.660. The minimum Gasteiger partial charge on any atom is -0.299 e. The van der Waals surface area contributed by atoms with E-state index in [0.717, 1.165) is 12.8 Å². The van der Waals surface area contributed by atoms with Crippen LogP contribution in [0.4, 0.5) is 0 Å². The lowest BCUT2D eigenvalue weighted by molar-refractivity contribution is -0.132. The van der Waals surface area contributed by atoms with Crippen LogP contribution in [0.2, 0.25) is 0 Å². The van der Waals surface area contributed by atoms with E-state index in [1.165, 1.54) is 0 Å². The van der Waals surface area contributed by atoms with Crippen molar-refractivity contribution < 1.29 is 9.59 Å². The third-order valence-electron chi connectivity index (χ3n) is 3.83. The van der Waals surface area contributed by atoms with Gasteiger partial charge in [0.25, 0.3) is 0 Å². The lowest BCUT2D eigenvalue weighted by Gasteiger charge is -2.02.